The van der Waals surface area contributed by atoms with Gasteiger partial charge in [0, 0.05) is 51.3 Å². The minimum Gasteiger partial charge on any atom is -0.339 e. The van der Waals surface area contributed by atoms with Crippen molar-refractivity contribution < 1.29 is 8.42 Å². The number of imidazole rings is 1. The summed E-state index contributed by atoms with van der Waals surface area (Å²) in [5, 5.41) is 7.16. The molecular formula is C30H36ClN9O2S. The number of aryl methyl sites for hydroxylation is 4. The van der Waals surface area contributed by atoms with Gasteiger partial charge in [-0.15, -0.1) is 0 Å². The number of pyridine rings is 1. The number of piperidine rings is 1. The maximum atomic E-state index is 13.1. The molecular weight excluding hydrogens is 586 g/mol. The summed E-state index contributed by atoms with van der Waals surface area (Å²) >= 11 is 6.42. The maximum absolute atomic E-state index is 13.1. The lowest BCUT2D eigenvalue weighted by Gasteiger charge is -2.33. The van der Waals surface area contributed by atoms with E-state index in [1.807, 2.05) is 20.2 Å². The van der Waals surface area contributed by atoms with Crippen molar-refractivity contribution in [1.82, 2.24) is 33.7 Å². The highest BCUT2D eigenvalue weighted by Crippen LogP contribution is 2.29. The number of nitrogens with zero attached hydrogens (tertiary/aromatic N) is 7. The third-order valence-electron chi connectivity index (χ3n) is 8.22. The lowest BCUT2D eigenvalue weighted by atomic mass is 9.96. The van der Waals surface area contributed by atoms with E-state index in [4.69, 9.17) is 11.6 Å². The maximum Gasteiger partial charge on any atom is 0.262 e. The zero-order chi connectivity index (χ0) is 30.1. The third kappa shape index (κ3) is 6.67. The van der Waals surface area contributed by atoms with E-state index in [-0.39, 0.29) is 5.03 Å². The largest absolute Gasteiger partial charge is 0.339 e. The molecule has 0 aliphatic carbocycles. The molecule has 5 heterocycles. The standard InChI is InChI=1S/C30H36ClN9O2S/c1-20-34-28(19-39(20)3)43(41,42)40-10-8-21(9-11-40)17-38(2)18-24-6-7-25-13-23(24)5-4-22-12-26(15-32-14-22)36-30-33-16-27(31)29(35-25)37-30/h6-7,12-16,19,21H,4-5,8-11,17-18H2,1-3H3,(H2,33,35,36,37). The Morgan fingerprint density at radius 3 is 2.63 bits per heavy atom. The monoisotopic (exact) mass is 621 g/mol. The SMILES string of the molecule is Cc1nc(S(=O)(=O)N2CCC(CN(C)Cc3ccc4cc3CCc3cncc(c3)Nc3ncc(Cl)c(n3)N4)CC2)cn1C. The van der Waals surface area contributed by atoms with Crippen LogP contribution in [0.15, 0.2) is 54.1 Å². The Labute approximate surface area is 257 Å². The van der Waals surface area contributed by atoms with Crippen LogP contribution in [0.1, 0.15) is 35.4 Å². The Hall–Kier alpha value is -3.58. The summed E-state index contributed by atoms with van der Waals surface area (Å²) in [5.41, 5.74) is 5.36. The number of sulfonamides is 1. The van der Waals surface area contributed by atoms with Crippen molar-refractivity contribution in [1.29, 1.82) is 0 Å². The molecule has 0 saturated carbocycles. The molecule has 0 amide bonds. The first kappa shape index (κ1) is 29.5. The molecule has 6 rings (SSSR count). The van der Waals surface area contributed by atoms with Crippen LogP contribution in [0.25, 0.3) is 0 Å². The van der Waals surface area contributed by atoms with Gasteiger partial charge in [0.25, 0.3) is 10.0 Å². The van der Waals surface area contributed by atoms with E-state index in [2.05, 4.69) is 66.8 Å². The zero-order valence-electron chi connectivity index (χ0n) is 24.6. The number of fused-ring (bicyclic) bond motifs is 6. The molecule has 13 heteroatoms. The Morgan fingerprint density at radius 2 is 1.86 bits per heavy atom. The van der Waals surface area contributed by atoms with Crippen LogP contribution < -0.4 is 10.6 Å². The summed E-state index contributed by atoms with van der Waals surface area (Å²) < 4.78 is 29.6. The fourth-order valence-corrected chi connectivity index (χ4v) is 7.39. The van der Waals surface area contributed by atoms with Crippen LogP contribution in [0.5, 0.6) is 0 Å². The van der Waals surface area contributed by atoms with E-state index < -0.39 is 10.0 Å². The van der Waals surface area contributed by atoms with Crippen molar-refractivity contribution in [3.63, 3.8) is 0 Å². The highest BCUT2D eigenvalue weighted by molar-refractivity contribution is 7.89. The zero-order valence-corrected chi connectivity index (χ0v) is 26.2. The molecule has 4 aromatic rings. The topological polar surface area (TPSA) is 121 Å². The van der Waals surface area contributed by atoms with E-state index in [1.165, 1.54) is 11.1 Å². The highest BCUT2D eigenvalue weighted by Gasteiger charge is 2.31. The van der Waals surface area contributed by atoms with Gasteiger partial charge < -0.3 is 20.1 Å². The van der Waals surface area contributed by atoms with Crippen molar-refractivity contribution >= 4 is 44.8 Å². The van der Waals surface area contributed by atoms with Crippen molar-refractivity contribution in [3.8, 4) is 0 Å². The van der Waals surface area contributed by atoms with Gasteiger partial charge in [-0.25, -0.2) is 18.4 Å². The Balaban J connectivity index is 1.14. The van der Waals surface area contributed by atoms with E-state index in [1.54, 1.807) is 27.5 Å². The first-order valence-corrected chi connectivity index (χ1v) is 16.3. The molecule has 2 aliphatic heterocycles. The average molecular weight is 622 g/mol. The molecule has 11 nitrogen and oxygen atoms in total. The second-order valence-electron chi connectivity index (χ2n) is 11.5. The summed E-state index contributed by atoms with van der Waals surface area (Å²) in [6.07, 6.45) is 10.2. The molecule has 0 unspecified atom stereocenters. The molecule has 6 bridgehead atoms. The lowest BCUT2D eigenvalue weighted by Crippen LogP contribution is -2.41. The number of halogens is 1. The first-order valence-electron chi connectivity index (χ1n) is 14.4. The fourth-order valence-electron chi connectivity index (χ4n) is 5.75. The first-order chi connectivity index (χ1) is 20.6. The molecule has 0 atom stereocenters. The Morgan fingerprint density at radius 1 is 1.05 bits per heavy atom. The molecule has 1 saturated heterocycles. The number of hydrogen-bond donors (Lipinski definition) is 2. The molecule has 226 valence electrons. The van der Waals surface area contributed by atoms with Crippen LogP contribution in [0, 0.1) is 12.8 Å². The van der Waals surface area contributed by atoms with Crippen LogP contribution in [-0.4, -0.2) is 68.8 Å². The Kier molecular flexibility index (Phi) is 8.36. The number of aromatic nitrogens is 5. The van der Waals surface area contributed by atoms with E-state index >= 15 is 0 Å². The number of nitrogens with one attached hydrogen (secondary N) is 2. The van der Waals surface area contributed by atoms with Gasteiger partial charge in [0.05, 0.1) is 18.1 Å². The van der Waals surface area contributed by atoms with Crippen LogP contribution in [-0.2, 0) is 36.5 Å². The van der Waals surface area contributed by atoms with Gasteiger partial charge in [-0.2, -0.15) is 9.29 Å². The molecule has 2 N–H and O–H groups in total. The van der Waals surface area contributed by atoms with Gasteiger partial charge >= 0.3 is 0 Å². The van der Waals surface area contributed by atoms with E-state index in [9.17, 15) is 8.42 Å². The molecule has 2 aliphatic rings. The van der Waals surface area contributed by atoms with Crippen molar-refractivity contribution in [3.05, 3.63) is 76.6 Å². The molecule has 43 heavy (non-hydrogen) atoms. The van der Waals surface area contributed by atoms with Crippen LogP contribution in [0.3, 0.4) is 0 Å². The Bertz CT molecular complexity index is 1720. The summed E-state index contributed by atoms with van der Waals surface area (Å²) in [4.78, 5) is 19.9. The quantitative estimate of drug-likeness (QED) is 0.316. The third-order valence-corrected chi connectivity index (χ3v) is 10.3. The van der Waals surface area contributed by atoms with E-state index in [0.717, 1.165) is 55.7 Å². The van der Waals surface area contributed by atoms with Crippen molar-refractivity contribution in [2.24, 2.45) is 13.0 Å². The van der Waals surface area contributed by atoms with Gasteiger partial charge in [0.15, 0.2) is 10.8 Å². The van der Waals surface area contributed by atoms with Gasteiger partial charge in [-0.3, -0.25) is 4.98 Å². The average Bonchev–Trinajstić information content (AvgIpc) is 3.33. The summed E-state index contributed by atoms with van der Waals surface area (Å²) in [5.74, 6) is 2.08. The molecule has 1 fully saturated rings. The van der Waals surface area contributed by atoms with Gasteiger partial charge in [0.1, 0.15) is 10.8 Å². The summed E-state index contributed by atoms with van der Waals surface area (Å²) in [6, 6.07) is 8.47. The smallest absolute Gasteiger partial charge is 0.262 e. The van der Waals surface area contributed by atoms with Crippen LogP contribution in [0.4, 0.5) is 23.1 Å². The normalized spacial score (nSPS) is 16.1. The minimum atomic E-state index is -3.57. The van der Waals surface area contributed by atoms with Crippen LogP contribution in [0.2, 0.25) is 5.02 Å². The number of benzene rings is 1. The second kappa shape index (κ2) is 12.2. The molecule has 0 spiro atoms. The summed E-state index contributed by atoms with van der Waals surface area (Å²) in [7, 11) is 0.379. The predicted octanol–water partition coefficient (Wildman–Crippen LogP) is 4.69. The fraction of sp³-hybridized carbons (Fsp3) is 0.400. The lowest BCUT2D eigenvalue weighted by molar-refractivity contribution is 0.201. The van der Waals surface area contributed by atoms with Gasteiger partial charge in [0.2, 0.25) is 5.95 Å². The highest BCUT2D eigenvalue weighted by atomic mass is 35.5. The van der Waals surface area contributed by atoms with E-state index in [0.29, 0.717) is 41.6 Å². The summed E-state index contributed by atoms with van der Waals surface area (Å²) in [6.45, 7) is 4.52. The minimum absolute atomic E-state index is 0.135. The molecule has 1 aromatic carbocycles. The van der Waals surface area contributed by atoms with Crippen molar-refractivity contribution in [2.75, 3.05) is 37.3 Å². The second-order valence-corrected chi connectivity index (χ2v) is 13.8. The number of anilines is 4. The van der Waals surface area contributed by atoms with Crippen LogP contribution >= 0.6 is 11.6 Å². The van der Waals surface area contributed by atoms with Gasteiger partial charge in [-0.05, 0) is 80.5 Å². The van der Waals surface area contributed by atoms with Gasteiger partial charge in [-0.1, -0.05) is 17.7 Å². The van der Waals surface area contributed by atoms with Crippen molar-refractivity contribution in [2.45, 2.75) is 44.2 Å². The number of rotatable bonds is 6. The molecule has 0 radical (unpaired) electrons. The number of hydrogen-bond acceptors (Lipinski definition) is 9. The predicted molar refractivity (Wildman–Crippen MR) is 167 cm³/mol. The molecule has 3 aromatic heterocycles.